The van der Waals surface area contributed by atoms with Gasteiger partial charge in [0.25, 0.3) is 30.4 Å². The van der Waals surface area contributed by atoms with Crippen LogP contribution in [0.4, 0.5) is 0 Å². The molecule has 0 saturated heterocycles. The maximum Gasteiger partial charge on any atom is 0.295 e. The van der Waals surface area contributed by atoms with Crippen molar-refractivity contribution in [3.63, 3.8) is 0 Å². The van der Waals surface area contributed by atoms with E-state index in [1.165, 1.54) is 36.4 Å². The molecule has 190 valence electrons. The second-order valence-electron chi connectivity index (χ2n) is 8.47. The van der Waals surface area contributed by atoms with Crippen LogP contribution in [-0.4, -0.2) is 38.9 Å². The van der Waals surface area contributed by atoms with E-state index in [2.05, 4.69) is 6.58 Å². The van der Waals surface area contributed by atoms with Crippen molar-refractivity contribution in [2.24, 2.45) is 0 Å². The molecule has 0 bridgehead atoms. The smallest absolute Gasteiger partial charge is 0.282 e. The molecule has 0 aliphatic carbocycles. The minimum Gasteiger partial charge on any atom is -0.282 e. The van der Waals surface area contributed by atoms with E-state index in [9.17, 15) is 38.9 Å². The fourth-order valence-electron chi connectivity index (χ4n) is 5.02. The lowest BCUT2D eigenvalue weighted by molar-refractivity contribution is 0.478. The van der Waals surface area contributed by atoms with Crippen molar-refractivity contribution in [3.05, 3.63) is 83.9 Å². The van der Waals surface area contributed by atoms with Crippen LogP contribution < -0.4 is 0 Å². The van der Waals surface area contributed by atoms with Gasteiger partial charge in [0.2, 0.25) is 0 Å². The number of hydrogen-bond donors (Lipinski definition) is 3. The first-order chi connectivity index (χ1) is 17.2. The molecular formula is C25H18O9S3. The molecule has 0 unspecified atom stereocenters. The van der Waals surface area contributed by atoms with Crippen LogP contribution in [0, 0.1) is 0 Å². The zero-order valence-electron chi connectivity index (χ0n) is 18.8. The lowest BCUT2D eigenvalue weighted by Crippen LogP contribution is -2.13. The van der Waals surface area contributed by atoms with Gasteiger partial charge >= 0.3 is 0 Å². The fraction of sp³-hybridized carbons (Fsp3) is 0.0400. The van der Waals surface area contributed by atoms with Crippen LogP contribution in [0.3, 0.4) is 0 Å². The van der Waals surface area contributed by atoms with E-state index in [-0.39, 0.29) is 44.5 Å². The van der Waals surface area contributed by atoms with Crippen molar-refractivity contribution in [2.45, 2.75) is 21.1 Å². The molecule has 3 N–H and O–H groups in total. The molecule has 5 aromatic carbocycles. The van der Waals surface area contributed by atoms with E-state index in [4.69, 9.17) is 0 Å². The zero-order valence-corrected chi connectivity index (χ0v) is 21.2. The highest BCUT2D eigenvalue weighted by Crippen LogP contribution is 2.45. The lowest BCUT2D eigenvalue weighted by Gasteiger charge is -2.21. The Labute approximate surface area is 212 Å². The zero-order chi connectivity index (χ0) is 26.9. The van der Waals surface area contributed by atoms with Gasteiger partial charge in [0.05, 0.1) is 0 Å². The highest BCUT2D eigenvalue weighted by Gasteiger charge is 2.32. The molecule has 0 atom stereocenters. The summed E-state index contributed by atoms with van der Waals surface area (Å²) >= 11 is 0. The molecule has 37 heavy (non-hydrogen) atoms. The van der Waals surface area contributed by atoms with Crippen molar-refractivity contribution in [3.8, 4) is 0 Å². The van der Waals surface area contributed by atoms with Crippen LogP contribution in [0.1, 0.15) is 16.7 Å². The predicted molar refractivity (Wildman–Crippen MR) is 139 cm³/mol. The summed E-state index contributed by atoms with van der Waals surface area (Å²) in [6, 6.07) is 15.0. The Kier molecular flexibility index (Phi) is 5.68. The summed E-state index contributed by atoms with van der Waals surface area (Å²) in [7, 11) is -14.9. The minimum absolute atomic E-state index is 0.0208. The quantitative estimate of drug-likeness (QED) is 0.200. The van der Waals surface area contributed by atoms with Crippen molar-refractivity contribution < 1.29 is 38.9 Å². The summed E-state index contributed by atoms with van der Waals surface area (Å²) in [6.07, 6.45) is 0.960. The van der Waals surface area contributed by atoms with Gasteiger partial charge in [-0.05, 0) is 33.5 Å². The van der Waals surface area contributed by atoms with Crippen LogP contribution in [0.5, 0.6) is 0 Å². The Bertz CT molecular complexity index is 2030. The molecule has 0 heterocycles. The molecule has 0 aromatic heterocycles. The summed E-state index contributed by atoms with van der Waals surface area (Å²) in [6.45, 7) is 3.58. The third kappa shape index (κ3) is 4.07. The van der Waals surface area contributed by atoms with E-state index < -0.39 is 45.0 Å². The summed E-state index contributed by atoms with van der Waals surface area (Å²) < 4.78 is 106. The first-order valence-electron chi connectivity index (χ1n) is 10.6. The summed E-state index contributed by atoms with van der Waals surface area (Å²) in [4.78, 5) is -1.96. The minimum atomic E-state index is -5.07. The highest BCUT2D eigenvalue weighted by atomic mass is 32.2. The summed E-state index contributed by atoms with van der Waals surface area (Å²) in [5.41, 5.74) is 0.237. The van der Waals surface area contributed by atoms with Crippen molar-refractivity contribution in [2.75, 3.05) is 0 Å². The first-order valence-corrected chi connectivity index (χ1v) is 14.9. The topological polar surface area (TPSA) is 163 Å². The van der Waals surface area contributed by atoms with Gasteiger partial charge in [-0.25, -0.2) is 0 Å². The monoisotopic (exact) mass is 558 g/mol. The van der Waals surface area contributed by atoms with E-state index in [0.717, 1.165) is 0 Å². The SMILES string of the molecule is C=Cc1cc2ccc3c(S(=O)(=O)O)c(Cc4ccccc4)c(S(=O)(=O)O)c4ccc(c1S(=O)(=O)O)c2c34. The molecule has 0 saturated carbocycles. The molecule has 9 nitrogen and oxygen atoms in total. The van der Waals surface area contributed by atoms with Gasteiger partial charge in [0.1, 0.15) is 14.7 Å². The van der Waals surface area contributed by atoms with E-state index in [0.29, 0.717) is 10.9 Å². The standard InChI is InChI=1S/C25H18O9S3/c1-2-15-13-16-8-9-18-22-19(11-10-17(21(16)22)23(15)35(26,27)28)25(37(32,33)34)20(24(18)36(29,30)31)12-14-6-4-3-5-7-14/h2-11,13H,1,12H2,(H,26,27,28)(H,29,30,31)(H,32,33,34). The molecule has 5 aromatic rings. The second kappa shape index (κ2) is 8.31. The Morgan fingerprint density at radius 1 is 0.649 bits per heavy atom. The molecule has 0 radical (unpaired) electrons. The average Bonchev–Trinajstić information content (AvgIpc) is 2.79. The van der Waals surface area contributed by atoms with E-state index in [1.54, 1.807) is 30.3 Å². The molecule has 0 fully saturated rings. The number of benzene rings is 5. The predicted octanol–water partition coefficient (Wildman–Crippen LogP) is 4.56. The van der Waals surface area contributed by atoms with Gasteiger partial charge in [0.15, 0.2) is 0 Å². The van der Waals surface area contributed by atoms with Gasteiger partial charge in [-0.3, -0.25) is 13.7 Å². The molecule has 5 rings (SSSR count). The Morgan fingerprint density at radius 3 is 1.62 bits per heavy atom. The molecule has 0 aliphatic heterocycles. The molecule has 12 heteroatoms. The Balaban J connectivity index is 2.12. The maximum absolute atomic E-state index is 12.7. The van der Waals surface area contributed by atoms with Crippen molar-refractivity contribution in [1.29, 1.82) is 0 Å². The Morgan fingerprint density at radius 2 is 1.14 bits per heavy atom. The average molecular weight is 559 g/mol. The van der Waals surface area contributed by atoms with Crippen molar-refractivity contribution >= 4 is 68.7 Å². The van der Waals surface area contributed by atoms with Crippen molar-refractivity contribution in [1.82, 2.24) is 0 Å². The van der Waals surface area contributed by atoms with Crippen LogP contribution in [0.2, 0.25) is 0 Å². The van der Waals surface area contributed by atoms with Gasteiger partial charge in [-0.1, -0.05) is 67.3 Å². The van der Waals surface area contributed by atoms with Crippen LogP contribution in [0.25, 0.3) is 38.4 Å². The summed E-state index contributed by atoms with van der Waals surface area (Å²) in [5.74, 6) is 0. The number of rotatable bonds is 6. The Hall–Kier alpha value is -3.39. The van der Waals surface area contributed by atoms with Crippen LogP contribution in [-0.2, 0) is 36.8 Å². The molecule has 0 amide bonds. The second-order valence-corrected chi connectivity index (χ2v) is 12.5. The van der Waals surface area contributed by atoms with Gasteiger partial charge < -0.3 is 0 Å². The van der Waals surface area contributed by atoms with E-state index >= 15 is 0 Å². The molecule has 0 spiro atoms. The third-order valence-electron chi connectivity index (χ3n) is 6.27. The highest BCUT2D eigenvalue weighted by molar-refractivity contribution is 7.87. The van der Waals surface area contributed by atoms with E-state index in [1.807, 2.05) is 0 Å². The van der Waals surface area contributed by atoms with Crippen LogP contribution in [0.15, 0.2) is 81.9 Å². The third-order valence-corrected chi connectivity index (χ3v) is 9.20. The molecular weight excluding hydrogens is 540 g/mol. The molecule has 0 aliphatic rings. The van der Waals surface area contributed by atoms with Gasteiger partial charge in [-0.2, -0.15) is 25.3 Å². The van der Waals surface area contributed by atoms with Gasteiger partial charge in [0, 0.05) is 28.0 Å². The normalized spacial score (nSPS) is 13.1. The summed E-state index contributed by atoms with van der Waals surface area (Å²) in [5, 5.41) is 0.296. The number of hydrogen-bond acceptors (Lipinski definition) is 6. The van der Waals surface area contributed by atoms with Gasteiger partial charge in [-0.15, -0.1) is 0 Å². The fourth-order valence-corrected chi connectivity index (χ4v) is 7.84. The first kappa shape index (κ1) is 25.3. The maximum atomic E-state index is 12.7. The van der Waals surface area contributed by atoms with Crippen LogP contribution >= 0.6 is 0 Å². The lowest BCUT2D eigenvalue weighted by atomic mass is 9.90. The largest absolute Gasteiger partial charge is 0.295 e.